The number of unbranched alkanes of at least 4 members (excludes halogenated alkanes) is 10. The van der Waals surface area contributed by atoms with Gasteiger partial charge in [0.05, 0.1) is 12.7 Å². The SMILES string of the molecule is CCCCCCC(=O)CCCCCCCCCCC(O)C(N)(CO)C(=O)O. The minimum Gasteiger partial charge on any atom is -0.480 e. The van der Waals surface area contributed by atoms with E-state index in [-0.39, 0.29) is 6.42 Å². The number of carboxylic acids is 1. The van der Waals surface area contributed by atoms with Gasteiger partial charge in [0.2, 0.25) is 0 Å². The molecule has 0 aliphatic rings. The molecule has 6 nitrogen and oxygen atoms in total. The van der Waals surface area contributed by atoms with Gasteiger partial charge in [0.25, 0.3) is 0 Å². The Bertz CT molecular complexity index is 402. The summed E-state index contributed by atoms with van der Waals surface area (Å²) in [7, 11) is 0. The van der Waals surface area contributed by atoms with Crippen LogP contribution in [0.2, 0.25) is 0 Å². The Morgan fingerprint density at radius 2 is 1.30 bits per heavy atom. The second-order valence-corrected chi connectivity index (χ2v) is 7.74. The summed E-state index contributed by atoms with van der Waals surface area (Å²) < 4.78 is 0. The summed E-state index contributed by atoms with van der Waals surface area (Å²) in [5, 5.41) is 27.9. The fourth-order valence-corrected chi connectivity index (χ4v) is 3.17. The van der Waals surface area contributed by atoms with Crippen molar-refractivity contribution in [2.75, 3.05) is 6.61 Å². The third-order valence-corrected chi connectivity index (χ3v) is 5.25. The molecule has 0 spiro atoms. The lowest BCUT2D eigenvalue weighted by atomic mass is 9.90. The van der Waals surface area contributed by atoms with Crippen LogP contribution in [0, 0.1) is 0 Å². The van der Waals surface area contributed by atoms with Crippen molar-refractivity contribution in [1.29, 1.82) is 0 Å². The van der Waals surface area contributed by atoms with Crippen LogP contribution in [0.4, 0.5) is 0 Å². The van der Waals surface area contributed by atoms with Gasteiger partial charge in [-0.05, 0) is 19.3 Å². The highest BCUT2D eigenvalue weighted by Gasteiger charge is 2.40. The van der Waals surface area contributed by atoms with Gasteiger partial charge in [-0.25, -0.2) is 0 Å². The third kappa shape index (κ3) is 12.2. The molecule has 2 unspecified atom stereocenters. The van der Waals surface area contributed by atoms with Crippen molar-refractivity contribution in [3.05, 3.63) is 0 Å². The molecule has 0 aromatic heterocycles. The van der Waals surface area contributed by atoms with Gasteiger partial charge in [0, 0.05) is 12.8 Å². The Morgan fingerprint density at radius 3 is 1.74 bits per heavy atom. The van der Waals surface area contributed by atoms with Crippen LogP contribution in [0.3, 0.4) is 0 Å². The van der Waals surface area contributed by atoms with E-state index < -0.39 is 24.2 Å². The molecular formula is C21H41NO5. The monoisotopic (exact) mass is 387 g/mol. The molecular weight excluding hydrogens is 346 g/mol. The molecule has 0 aliphatic carbocycles. The highest BCUT2D eigenvalue weighted by atomic mass is 16.4. The number of Topliss-reactive ketones (excluding diaryl/α,β-unsaturated/α-hetero) is 1. The lowest BCUT2D eigenvalue weighted by molar-refractivity contribution is -0.150. The predicted octanol–water partition coefficient (Wildman–Crippen LogP) is 3.56. The molecule has 0 saturated carbocycles. The summed E-state index contributed by atoms with van der Waals surface area (Å²) in [5.41, 5.74) is 3.57. The minimum absolute atomic E-state index is 0.281. The number of aliphatic hydroxyl groups excluding tert-OH is 2. The first-order chi connectivity index (χ1) is 12.9. The number of aliphatic hydroxyl groups is 2. The molecule has 0 heterocycles. The van der Waals surface area contributed by atoms with Gasteiger partial charge in [-0.3, -0.25) is 9.59 Å². The minimum atomic E-state index is -1.96. The standard InChI is InChI=1S/C21H41NO5/c1-2-3-4-11-14-18(24)15-12-9-7-5-6-8-10-13-16-19(25)21(22,17-23)20(26)27/h19,23,25H,2-17,22H2,1H3,(H,26,27). The number of carbonyl (C=O) groups is 2. The van der Waals surface area contributed by atoms with Crippen LogP contribution >= 0.6 is 0 Å². The van der Waals surface area contributed by atoms with E-state index in [1.54, 1.807) is 0 Å². The van der Waals surface area contributed by atoms with Crippen molar-refractivity contribution in [3.63, 3.8) is 0 Å². The molecule has 0 saturated heterocycles. The van der Waals surface area contributed by atoms with Gasteiger partial charge in [-0.1, -0.05) is 71.1 Å². The van der Waals surface area contributed by atoms with E-state index in [1.165, 1.54) is 19.3 Å². The van der Waals surface area contributed by atoms with E-state index in [9.17, 15) is 14.7 Å². The smallest absolute Gasteiger partial charge is 0.328 e. The number of hydrogen-bond donors (Lipinski definition) is 4. The van der Waals surface area contributed by atoms with Gasteiger partial charge in [0.15, 0.2) is 5.54 Å². The van der Waals surface area contributed by atoms with Gasteiger partial charge in [0.1, 0.15) is 5.78 Å². The molecule has 27 heavy (non-hydrogen) atoms. The van der Waals surface area contributed by atoms with Gasteiger partial charge < -0.3 is 21.1 Å². The summed E-state index contributed by atoms with van der Waals surface area (Å²) in [4.78, 5) is 22.7. The average molecular weight is 388 g/mol. The fourth-order valence-electron chi connectivity index (χ4n) is 3.17. The first kappa shape index (κ1) is 26.0. The lowest BCUT2D eigenvalue weighted by Gasteiger charge is -2.27. The van der Waals surface area contributed by atoms with E-state index in [1.807, 2.05) is 0 Å². The molecule has 0 radical (unpaired) electrons. The maximum Gasteiger partial charge on any atom is 0.328 e. The van der Waals surface area contributed by atoms with Crippen molar-refractivity contribution in [2.24, 2.45) is 5.73 Å². The highest BCUT2D eigenvalue weighted by molar-refractivity contribution is 5.79. The molecule has 0 amide bonds. The van der Waals surface area contributed by atoms with Crippen molar-refractivity contribution in [1.82, 2.24) is 0 Å². The lowest BCUT2D eigenvalue weighted by Crippen LogP contribution is -2.60. The zero-order chi connectivity index (χ0) is 20.5. The first-order valence-corrected chi connectivity index (χ1v) is 10.7. The zero-order valence-corrected chi connectivity index (χ0v) is 17.1. The molecule has 0 rings (SSSR count). The van der Waals surface area contributed by atoms with E-state index in [0.29, 0.717) is 12.2 Å². The number of aliphatic carboxylic acids is 1. The van der Waals surface area contributed by atoms with Crippen LogP contribution in [0.15, 0.2) is 0 Å². The maximum atomic E-state index is 11.7. The van der Waals surface area contributed by atoms with Crippen LogP contribution in [-0.4, -0.2) is 45.3 Å². The quantitative estimate of drug-likeness (QED) is 0.251. The summed E-state index contributed by atoms with van der Waals surface area (Å²) in [6, 6.07) is 0. The molecule has 0 aliphatic heterocycles. The third-order valence-electron chi connectivity index (χ3n) is 5.25. The van der Waals surface area contributed by atoms with Gasteiger partial charge in [-0.2, -0.15) is 0 Å². The topological polar surface area (TPSA) is 121 Å². The Morgan fingerprint density at radius 1 is 0.852 bits per heavy atom. The fraction of sp³-hybridized carbons (Fsp3) is 0.905. The van der Waals surface area contributed by atoms with Crippen molar-refractivity contribution in [3.8, 4) is 0 Å². The number of carbonyl (C=O) groups excluding carboxylic acids is 1. The number of ketones is 1. The van der Waals surface area contributed by atoms with E-state index in [2.05, 4.69) is 6.92 Å². The van der Waals surface area contributed by atoms with Crippen LogP contribution < -0.4 is 5.73 Å². The van der Waals surface area contributed by atoms with E-state index in [0.717, 1.165) is 64.2 Å². The van der Waals surface area contributed by atoms with Crippen LogP contribution in [-0.2, 0) is 9.59 Å². The van der Waals surface area contributed by atoms with Crippen LogP contribution in [0.1, 0.15) is 103 Å². The molecule has 0 aromatic carbocycles. The number of nitrogens with two attached hydrogens (primary N) is 1. The van der Waals surface area contributed by atoms with Crippen molar-refractivity contribution >= 4 is 11.8 Å². The second kappa shape index (κ2) is 16.0. The number of rotatable bonds is 19. The van der Waals surface area contributed by atoms with Crippen molar-refractivity contribution < 1.29 is 24.9 Å². The molecule has 0 fully saturated rings. The summed E-state index contributed by atoms with van der Waals surface area (Å²) >= 11 is 0. The van der Waals surface area contributed by atoms with E-state index in [4.69, 9.17) is 15.9 Å². The highest BCUT2D eigenvalue weighted by Crippen LogP contribution is 2.16. The summed E-state index contributed by atoms with van der Waals surface area (Å²) in [6.07, 6.45) is 13.3. The summed E-state index contributed by atoms with van der Waals surface area (Å²) in [6.45, 7) is 1.40. The number of hydrogen-bond acceptors (Lipinski definition) is 5. The van der Waals surface area contributed by atoms with Crippen molar-refractivity contribution in [2.45, 2.75) is 115 Å². The average Bonchev–Trinajstić information content (AvgIpc) is 2.65. The number of carboxylic acid groups (broad SMARTS) is 1. The van der Waals surface area contributed by atoms with Gasteiger partial charge in [-0.15, -0.1) is 0 Å². The normalized spacial score (nSPS) is 14.7. The molecule has 0 bridgehead atoms. The Labute approximate surface area is 164 Å². The molecule has 160 valence electrons. The van der Waals surface area contributed by atoms with Gasteiger partial charge >= 0.3 is 5.97 Å². The van der Waals surface area contributed by atoms with Crippen LogP contribution in [0.25, 0.3) is 0 Å². The maximum absolute atomic E-state index is 11.7. The Kier molecular flexibility index (Phi) is 15.4. The van der Waals surface area contributed by atoms with Crippen LogP contribution in [0.5, 0.6) is 0 Å². The largest absolute Gasteiger partial charge is 0.480 e. The zero-order valence-electron chi connectivity index (χ0n) is 17.1. The molecule has 6 heteroatoms. The Hall–Kier alpha value is -0.980. The summed E-state index contributed by atoms with van der Waals surface area (Å²) in [5.74, 6) is -0.971. The molecule has 0 aromatic rings. The van der Waals surface area contributed by atoms with E-state index >= 15 is 0 Å². The predicted molar refractivity (Wildman–Crippen MR) is 108 cm³/mol. The Balaban J connectivity index is 3.50. The first-order valence-electron chi connectivity index (χ1n) is 10.7. The molecule has 2 atom stereocenters. The molecule has 5 N–H and O–H groups in total. The second-order valence-electron chi connectivity index (χ2n) is 7.74.